The number of fused-ring (bicyclic) bond motifs is 1. The Labute approximate surface area is 141 Å². The van der Waals surface area contributed by atoms with Crippen molar-refractivity contribution < 1.29 is 14.3 Å². The van der Waals surface area contributed by atoms with Crippen LogP contribution in [0.15, 0.2) is 6.07 Å². The number of carbonyl (C=O) groups excluding carboxylic acids is 2. The first kappa shape index (κ1) is 16.5. The molecule has 3 atom stereocenters. The van der Waals surface area contributed by atoms with Gasteiger partial charge in [-0.25, -0.2) is 4.79 Å². The molecule has 0 saturated heterocycles. The highest BCUT2D eigenvalue weighted by molar-refractivity contribution is 7.14. The maximum atomic E-state index is 12.1. The molecule has 126 valence electrons. The van der Waals surface area contributed by atoms with E-state index in [2.05, 4.69) is 19.2 Å². The van der Waals surface area contributed by atoms with Crippen LogP contribution in [0.5, 0.6) is 0 Å². The molecule has 3 rings (SSSR count). The molecule has 1 aromatic heterocycles. The highest BCUT2D eigenvalue weighted by atomic mass is 32.1. The maximum Gasteiger partial charge on any atom is 0.348 e. The van der Waals surface area contributed by atoms with Crippen LogP contribution in [0.1, 0.15) is 59.6 Å². The van der Waals surface area contributed by atoms with Gasteiger partial charge in [-0.15, -0.1) is 11.3 Å². The molecule has 0 bridgehead atoms. The molecule has 1 heterocycles. The Morgan fingerprint density at radius 3 is 2.87 bits per heavy atom. The summed E-state index contributed by atoms with van der Waals surface area (Å²) < 4.78 is 5.19. The fourth-order valence-electron chi connectivity index (χ4n) is 3.67. The normalized spacial score (nSPS) is 26.6. The third-order valence-electron chi connectivity index (χ3n) is 5.34. The Morgan fingerprint density at radius 1 is 1.26 bits per heavy atom. The van der Waals surface area contributed by atoms with Crippen molar-refractivity contribution in [2.75, 3.05) is 6.61 Å². The molecule has 1 fully saturated rings. The van der Waals surface area contributed by atoms with Crippen molar-refractivity contribution >= 4 is 23.2 Å². The molecule has 4 nitrogen and oxygen atoms in total. The second kappa shape index (κ2) is 7.04. The summed E-state index contributed by atoms with van der Waals surface area (Å²) in [5.74, 6) is 0.548. The van der Waals surface area contributed by atoms with E-state index < -0.39 is 0 Å². The number of thiophene rings is 1. The van der Waals surface area contributed by atoms with Crippen LogP contribution < -0.4 is 5.32 Å². The first-order valence-electron chi connectivity index (χ1n) is 8.62. The van der Waals surface area contributed by atoms with E-state index >= 15 is 0 Å². The van der Waals surface area contributed by atoms with Crippen LogP contribution in [0.3, 0.4) is 0 Å². The van der Waals surface area contributed by atoms with E-state index in [0.29, 0.717) is 16.7 Å². The van der Waals surface area contributed by atoms with Crippen molar-refractivity contribution in [1.82, 2.24) is 5.32 Å². The van der Waals surface area contributed by atoms with E-state index in [9.17, 15) is 9.59 Å². The summed E-state index contributed by atoms with van der Waals surface area (Å²) in [6, 6.07) is 2.13. The summed E-state index contributed by atoms with van der Waals surface area (Å²) in [5, 5.41) is 3.03. The number of aryl methyl sites for hydroxylation is 2. The van der Waals surface area contributed by atoms with Gasteiger partial charge in [-0.3, -0.25) is 4.79 Å². The zero-order chi connectivity index (χ0) is 16.4. The first-order valence-corrected chi connectivity index (χ1v) is 9.44. The standard InChI is InChI=1S/C18H25NO3S/c1-11-5-3-7-14(12(11)2)19-17(20)10-22-18(21)16-9-13-6-4-8-15(13)23-16/h9,11-12,14H,3-8,10H2,1-2H3,(H,19,20)/t11-,12-,14-/m1/s1. The summed E-state index contributed by atoms with van der Waals surface area (Å²) >= 11 is 1.51. The number of amides is 1. The van der Waals surface area contributed by atoms with Crippen LogP contribution in [0.25, 0.3) is 0 Å². The molecule has 0 aliphatic heterocycles. The summed E-state index contributed by atoms with van der Waals surface area (Å²) in [6.45, 7) is 4.24. The van der Waals surface area contributed by atoms with Crippen molar-refractivity contribution in [3.8, 4) is 0 Å². The average Bonchev–Trinajstić information content (AvgIpc) is 3.11. The van der Waals surface area contributed by atoms with Crippen LogP contribution in [-0.4, -0.2) is 24.5 Å². The fraction of sp³-hybridized carbons (Fsp3) is 0.667. The Balaban J connectivity index is 1.47. The summed E-state index contributed by atoms with van der Waals surface area (Å²) in [7, 11) is 0. The number of hydrogen-bond acceptors (Lipinski definition) is 4. The highest BCUT2D eigenvalue weighted by Gasteiger charge is 2.28. The van der Waals surface area contributed by atoms with Gasteiger partial charge in [0.1, 0.15) is 4.88 Å². The van der Waals surface area contributed by atoms with Gasteiger partial charge in [-0.05, 0) is 49.1 Å². The zero-order valence-electron chi connectivity index (χ0n) is 13.9. The lowest BCUT2D eigenvalue weighted by Gasteiger charge is -2.34. The molecule has 23 heavy (non-hydrogen) atoms. The third kappa shape index (κ3) is 3.77. The molecule has 0 aromatic carbocycles. The van der Waals surface area contributed by atoms with Gasteiger partial charge in [-0.2, -0.15) is 0 Å². The summed E-state index contributed by atoms with van der Waals surface area (Å²) in [6.07, 6.45) is 6.69. The molecule has 1 N–H and O–H groups in total. The van der Waals surface area contributed by atoms with E-state index in [4.69, 9.17) is 4.74 Å². The number of esters is 1. The Bertz CT molecular complexity index is 574. The van der Waals surface area contributed by atoms with Crippen LogP contribution >= 0.6 is 11.3 Å². The third-order valence-corrected chi connectivity index (χ3v) is 6.55. The minimum Gasteiger partial charge on any atom is -0.451 e. The number of nitrogens with one attached hydrogen (secondary N) is 1. The van der Waals surface area contributed by atoms with Gasteiger partial charge in [0, 0.05) is 10.9 Å². The molecule has 0 unspecified atom stereocenters. The molecule has 1 aromatic rings. The lowest BCUT2D eigenvalue weighted by Crippen LogP contribution is -2.45. The van der Waals surface area contributed by atoms with Crippen molar-refractivity contribution in [2.24, 2.45) is 11.8 Å². The van der Waals surface area contributed by atoms with E-state index in [1.165, 1.54) is 34.6 Å². The first-order chi connectivity index (χ1) is 11.0. The Hall–Kier alpha value is -1.36. The monoisotopic (exact) mass is 335 g/mol. The molecule has 2 aliphatic rings. The molecular weight excluding hydrogens is 310 g/mol. The average molecular weight is 335 g/mol. The van der Waals surface area contributed by atoms with Crippen molar-refractivity contribution in [1.29, 1.82) is 0 Å². The van der Waals surface area contributed by atoms with Gasteiger partial charge in [0.15, 0.2) is 6.61 Å². The Morgan fingerprint density at radius 2 is 2.09 bits per heavy atom. The smallest absolute Gasteiger partial charge is 0.348 e. The minimum absolute atomic E-state index is 0.182. The maximum absolute atomic E-state index is 12.1. The number of hydrogen-bond donors (Lipinski definition) is 1. The van der Waals surface area contributed by atoms with Crippen LogP contribution in [-0.2, 0) is 22.4 Å². The molecule has 5 heteroatoms. The van der Waals surface area contributed by atoms with Crippen LogP contribution in [0, 0.1) is 11.8 Å². The van der Waals surface area contributed by atoms with Gasteiger partial charge < -0.3 is 10.1 Å². The Kier molecular flexibility index (Phi) is 5.05. The van der Waals surface area contributed by atoms with Crippen LogP contribution in [0.4, 0.5) is 0 Å². The molecule has 1 saturated carbocycles. The zero-order valence-corrected chi connectivity index (χ0v) is 14.7. The second-order valence-electron chi connectivity index (χ2n) is 6.93. The number of rotatable bonds is 4. The number of ether oxygens (including phenoxy) is 1. The van der Waals surface area contributed by atoms with Gasteiger partial charge in [0.05, 0.1) is 0 Å². The molecular formula is C18H25NO3S. The minimum atomic E-state index is -0.371. The molecule has 1 amide bonds. The predicted octanol–water partition coefficient (Wildman–Crippen LogP) is 3.33. The largest absolute Gasteiger partial charge is 0.451 e. The molecule has 0 spiro atoms. The highest BCUT2D eigenvalue weighted by Crippen LogP contribution is 2.31. The number of carbonyl (C=O) groups is 2. The second-order valence-corrected chi connectivity index (χ2v) is 8.07. The van der Waals surface area contributed by atoms with E-state index in [1.807, 2.05) is 6.07 Å². The lowest BCUT2D eigenvalue weighted by atomic mass is 9.78. The van der Waals surface area contributed by atoms with Crippen molar-refractivity contribution in [2.45, 2.75) is 58.4 Å². The van der Waals surface area contributed by atoms with Crippen molar-refractivity contribution in [3.05, 3.63) is 21.4 Å². The quantitative estimate of drug-likeness (QED) is 0.859. The molecule has 2 aliphatic carbocycles. The van der Waals surface area contributed by atoms with Gasteiger partial charge in [0.2, 0.25) is 0 Å². The van der Waals surface area contributed by atoms with Gasteiger partial charge in [-0.1, -0.05) is 26.7 Å². The van der Waals surface area contributed by atoms with E-state index in [1.54, 1.807) is 0 Å². The van der Waals surface area contributed by atoms with Gasteiger partial charge >= 0.3 is 5.97 Å². The molecule has 0 radical (unpaired) electrons. The van der Waals surface area contributed by atoms with Gasteiger partial charge in [0.25, 0.3) is 5.91 Å². The topological polar surface area (TPSA) is 55.4 Å². The van der Waals surface area contributed by atoms with Crippen LogP contribution in [0.2, 0.25) is 0 Å². The lowest BCUT2D eigenvalue weighted by molar-refractivity contribution is -0.125. The fourth-order valence-corrected chi connectivity index (χ4v) is 4.81. The van der Waals surface area contributed by atoms with Crippen molar-refractivity contribution in [3.63, 3.8) is 0 Å². The van der Waals surface area contributed by atoms with E-state index in [-0.39, 0.29) is 24.5 Å². The SMILES string of the molecule is C[C@@H]1[C@H](C)CCC[C@H]1NC(=O)COC(=O)c1cc2c(s1)CCC2. The summed E-state index contributed by atoms with van der Waals surface area (Å²) in [4.78, 5) is 26.0. The summed E-state index contributed by atoms with van der Waals surface area (Å²) in [5.41, 5.74) is 1.27. The predicted molar refractivity (Wildman–Crippen MR) is 90.7 cm³/mol. The van der Waals surface area contributed by atoms with E-state index in [0.717, 1.165) is 25.7 Å².